The first kappa shape index (κ1) is 56.5. The molecule has 2 N–H and O–H groups in total. The van der Waals surface area contributed by atoms with Gasteiger partial charge in [0.25, 0.3) is 0 Å². The average molecular weight is 1290 g/mol. The lowest BCUT2D eigenvalue weighted by Gasteiger charge is -2.18. The Morgan fingerprint density at radius 2 is 0.467 bits per heavy atom. The fourth-order valence-corrected chi connectivity index (χ4v) is 14.8. The summed E-state index contributed by atoms with van der Waals surface area (Å²) in [5.41, 5.74) is 12.7. The first-order valence-electron chi connectivity index (χ1n) is 31.3. The zero-order valence-corrected chi connectivity index (χ0v) is 52.3. The Labute approximate surface area is 547 Å². The zero-order valence-electron chi connectivity index (χ0n) is 50.2. The fraction of sp³-hybridized carbons (Fsp3) is 0. The van der Waals surface area contributed by atoms with Gasteiger partial charge >= 0.3 is 7.12 Å². The molecular weight excluding hydrogens is 1230 g/mol. The third-order valence-electron chi connectivity index (χ3n) is 18.5. The number of hydrogen-bond acceptors (Lipinski definition) is 2. The summed E-state index contributed by atoms with van der Waals surface area (Å²) in [5, 5.41) is 44.7. The lowest BCUT2D eigenvalue weighted by Crippen LogP contribution is -2.31. The van der Waals surface area contributed by atoms with E-state index >= 15 is 0 Å². The molecule has 0 saturated heterocycles. The van der Waals surface area contributed by atoms with Crippen LogP contribution < -0.4 is 5.46 Å². The van der Waals surface area contributed by atoms with Crippen molar-refractivity contribution < 1.29 is 10.0 Å². The predicted octanol–water partition coefficient (Wildman–Crippen LogP) is 23.2. The highest BCUT2D eigenvalue weighted by Gasteiger charge is 2.23. The van der Waals surface area contributed by atoms with Gasteiger partial charge in [-0.3, -0.25) is 0 Å². The molecule has 18 rings (SSSR count). The smallest absolute Gasteiger partial charge is 0.423 e. The molecule has 0 aliphatic carbocycles. The number of hydrogen-bond donors (Lipinski definition) is 2. The summed E-state index contributed by atoms with van der Waals surface area (Å²) in [6.07, 6.45) is 0. The Kier molecular flexibility index (Phi) is 14.9. The van der Waals surface area contributed by atoms with Crippen molar-refractivity contribution >= 4 is 143 Å². The Morgan fingerprint density at radius 3 is 0.880 bits per heavy atom. The van der Waals surface area contributed by atoms with Gasteiger partial charge in [-0.1, -0.05) is 322 Å². The third kappa shape index (κ3) is 10.3. The van der Waals surface area contributed by atoms with E-state index in [0.717, 1.165) is 32.7 Å². The molecule has 0 bridgehead atoms. The van der Waals surface area contributed by atoms with Crippen LogP contribution in [-0.2, 0) is 0 Å². The lowest BCUT2D eigenvalue weighted by molar-refractivity contribution is 0.426. The second kappa shape index (κ2) is 24.2. The molecule has 0 spiro atoms. The molecule has 0 fully saturated rings. The Bertz CT molecular complexity index is 5750. The summed E-state index contributed by atoms with van der Waals surface area (Å²) in [4.78, 5) is 0. The molecule has 0 saturated carbocycles. The monoisotopic (exact) mass is 1280 g/mol. The number of fused-ring (bicyclic) bond motifs is 12. The van der Waals surface area contributed by atoms with E-state index < -0.39 is 7.12 Å². The normalized spacial score (nSPS) is 11.4. The van der Waals surface area contributed by atoms with E-state index in [1.165, 1.54) is 134 Å². The Morgan fingerprint density at radius 1 is 0.196 bits per heavy atom. The van der Waals surface area contributed by atoms with Gasteiger partial charge < -0.3 is 10.0 Å². The molecule has 432 valence electrons. The van der Waals surface area contributed by atoms with Gasteiger partial charge in [0.2, 0.25) is 0 Å². The van der Waals surface area contributed by atoms with Gasteiger partial charge in [0.05, 0.1) is 0 Å². The molecule has 0 aromatic heterocycles. The van der Waals surface area contributed by atoms with Crippen LogP contribution in [0.3, 0.4) is 0 Å². The van der Waals surface area contributed by atoms with Gasteiger partial charge in [-0.25, -0.2) is 0 Å². The minimum atomic E-state index is -1.54. The van der Waals surface area contributed by atoms with Crippen molar-refractivity contribution in [2.75, 3.05) is 0 Å². The minimum Gasteiger partial charge on any atom is -0.423 e. The number of benzene rings is 18. The molecule has 0 heterocycles. The van der Waals surface area contributed by atoms with Crippen molar-refractivity contribution in [2.24, 2.45) is 0 Å². The van der Waals surface area contributed by atoms with Crippen LogP contribution in [0.5, 0.6) is 0 Å². The topological polar surface area (TPSA) is 40.5 Å². The summed E-state index contributed by atoms with van der Waals surface area (Å²) < 4.78 is 1.29. The van der Waals surface area contributed by atoms with Crippen molar-refractivity contribution in [1.29, 1.82) is 0 Å². The van der Waals surface area contributed by atoms with Crippen molar-refractivity contribution in [3.8, 4) is 55.6 Å². The molecule has 0 atom stereocenters. The van der Waals surface area contributed by atoms with Crippen LogP contribution in [0.1, 0.15) is 0 Å². The van der Waals surface area contributed by atoms with Crippen LogP contribution in [0.15, 0.2) is 340 Å². The van der Waals surface area contributed by atoms with E-state index in [0.29, 0.717) is 5.46 Å². The summed E-state index contributed by atoms with van der Waals surface area (Å²) >= 11 is 2.35. The SMILES string of the molecule is Ic1ccc2c(ccc3ccccc32)c1.OB(O)c1c2ccccc2c(-c2ccc(-c3cccc4ccccc34)cc2)c2ccccc12.c1ccc2c(-c3ccc(-c4c5ccccc5c(-c5ccc6c(ccc7ccccc76)c5)c5ccccc45)cc3)cccc2c1. The van der Waals surface area contributed by atoms with Crippen LogP contribution in [0.4, 0.5) is 0 Å². The molecule has 0 aliphatic heterocycles. The molecule has 0 amide bonds. The van der Waals surface area contributed by atoms with E-state index in [2.05, 4.69) is 326 Å². The van der Waals surface area contributed by atoms with Crippen LogP contribution in [0.25, 0.3) is 163 Å². The van der Waals surface area contributed by atoms with E-state index in [9.17, 15) is 10.0 Å². The van der Waals surface area contributed by atoms with Gasteiger partial charge in [-0.15, -0.1) is 0 Å². The Balaban J connectivity index is 0.000000123. The highest BCUT2D eigenvalue weighted by molar-refractivity contribution is 14.1. The fourth-order valence-electron chi connectivity index (χ4n) is 14.2. The van der Waals surface area contributed by atoms with Crippen molar-refractivity contribution in [2.45, 2.75) is 0 Å². The van der Waals surface area contributed by atoms with Crippen molar-refractivity contribution in [3.63, 3.8) is 0 Å². The van der Waals surface area contributed by atoms with E-state index in [4.69, 9.17) is 0 Å². The maximum atomic E-state index is 10.2. The highest BCUT2D eigenvalue weighted by Crippen LogP contribution is 2.46. The summed E-state index contributed by atoms with van der Waals surface area (Å²) in [5.74, 6) is 0. The molecule has 0 aliphatic rings. The quantitative estimate of drug-likeness (QED) is 0.0754. The first-order chi connectivity index (χ1) is 45.4. The first-order valence-corrected chi connectivity index (χ1v) is 32.4. The molecule has 92 heavy (non-hydrogen) atoms. The maximum absolute atomic E-state index is 10.2. The van der Waals surface area contributed by atoms with Gasteiger partial charge in [0.15, 0.2) is 0 Å². The maximum Gasteiger partial charge on any atom is 0.489 e. The standard InChI is InChI=1S/C44H28.C30H21BO2.C14H9I/c1-3-13-35-29(10-1)12-9-19-37(35)31-20-23-32(24-21-31)43-39-15-5-7-17-41(39)44(42-18-8-6-16-40(42)43)34-26-27-38-33(28-34)25-22-30-11-2-4-14-36(30)38;32-31(33)30-27-13-5-3-11-25(27)29(26-12-4-6-14-28(26)30)22-18-16-21(17-19-22)24-15-7-9-20-8-1-2-10-23(20)24;15-12-7-8-14-11(9-12)6-5-10-3-1-2-4-13(10)14/h1-28H;1-19,32-33H;1-9H. The van der Waals surface area contributed by atoms with Gasteiger partial charge in [-0.05, 0) is 210 Å². The van der Waals surface area contributed by atoms with Crippen LogP contribution in [0, 0.1) is 3.57 Å². The van der Waals surface area contributed by atoms with E-state index in [1.807, 2.05) is 36.4 Å². The van der Waals surface area contributed by atoms with Gasteiger partial charge in [-0.2, -0.15) is 0 Å². The van der Waals surface area contributed by atoms with E-state index in [1.54, 1.807) is 0 Å². The number of rotatable bonds is 6. The summed E-state index contributed by atoms with van der Waals surface area (Å²) in [6, 6.07) is 121. The summed E-state index contributed by atoms with van der Waals surface area (Å²) in [6.45, 7) is 0. The molecule has 2 nitrogen and oxygen atoms in total. The molecule has 0 unspecified atom stereocenters. The van der Waals surface area contributed by atoms with Gasteiger partial charge in [0, 0.05) is 3.57 Å². The zero-order chi connectivity index (χ0) is 61.7. The van der Waals surface area contributed by atoms with Gasteiger partial charge in [0.1, 0.15) is 0 Å². The van der Waals surface area contributed by atoms with Crippen LogP contribution in [0.2, 0.25) is 0 Å². The largest absolute Gasteiger partial charge is 0.489 e. The average Bonchev–Trinajstić information content (AvgIpc) is 0.763. The van der Waals surface area contributed by atoms with Crippen LogP contribution >= 0.6 is 22.6 Å². The number of halogens is 1. The third-order valence-corrected chi connectivity index (χ3v) is 19.1. The predicted molar refractivity (Wildman–Crippen MR) is 404 cm³/mol. The Hall–Kier alpha value is -10.7. The van der Waals surface area contributed by atoms with Crippen LogP contribution in [-0.4, -0.2) is 17.2 Å². The molecule has 18 aromatic rings. The lowest BCUT2D eigenvalue weighted by atomic mass is 9.72. The second-order valence-corrected chi connectivity index (χ2v) is 24.9. The minimum absolute atomic E-state index is 0.553. The molecular formula is C88H58BIO2. The van der Waals surface area contributed by atoms with Crippen molar-refractivity contribution in [3.05, 3.63) is 343 Å². The van der Waals surface area contributed by atoms with Crippen molar-refractivity contribution in [1.82, 2.24) is 0 Å². The molecule has 4 heteroatoms. The summed E-state index contributed by atoms with van der Waals surface area (Å²) in [7, 11) is -1.54. The second-order valence-electron chi connectivity index (χ2n) is 23.7. The highest BCUT2D eigenvalue weighted by atomic mass is 127. The molecule has 0 radical (unpaired) electrons. The van der Waals surface area contributed by atoms with E-state index in [-0.39, 0.29) is 0 Å². The molecule has 18 aromatic carbocycles.